The molecule has 0 amide bonds. The molecule has 0 aliphatic carbocycles. The monoisotopic (exact) mass is 344 g/mol. The second-order valence-electron chi connectivity index (χ2n) is 4.14. The Morgan fingerprint density at radius 2 is 2.11 bits per heavy atom. The summed E-state index contributed by atoms with van der Waals surface area (Å²) in [5, 5.41) is 3.82. The van der Waals surface area contributed by atoms with E-state index in [0.29, 0.717) is 10.2 Å². The third-order valence-electron chi connectivity index (χ3n) is 2.48. The lowest BCUT2D eigenvalue weighted by atomic mass is 10.2. The van der Waals surface area contributed by atoms with Crippen LogP contribution in [0.25, 0.3) is 0 Å². The Morgan fingerprint density at radius 3 is 2.63 bits per heavy atom. The van der Waals surface area contributed by atoms with E-state index in [1.54, 1.807) is 13.1 Å². The van der Waals surface area contributed by atoms with E-state index in [1.165, 1.54) is 10.9 Å². The summed E-state index contributed by atoms with van der Waals surface area (Å²) in [5.41, 5.74) is 7.06. The average molecular weight is 345 g/mol. The number of aryl methyl sites for hydroxylation is 2. The number of nitrogens with zero attached hydrogens (tertiary/aromatic N) is 2. The second-order valence-corrected chi connectivity index (χ2v) is 6.65. The van der Waals surface area contributed by atoms with E-state index < -0.39 is 10.0 Å². The summed E-state index contributed by atoms with van der Waals surface area (Å²) in [7, 11) is -2.14. The van der Waals surface area contributed by atoms with Gasteiger partial charge in [0.25, 0.3) is 10.0 Å². The number of nitrogens with two attached hydrogens (primary N) is 1. The van der Waals surface area contributed by atoms with Gasteiger partial charge < -0.3 is 5.73 Å². The average Bonchev–Trinajstić information content (AvgIpc) is 2.63. The maximum atomic E-state index is 12.2. The van der Waals surface area contributed by atoms with Crippen LogP contribution in [0.3, 0.4) is 0 Å². The molecule has 1 aromatic carbocycles. The fourth-order valence-electron chi connectivity index (χ4n) is 1.59. The lowest BCUT2D eigenvalue weighted by Crippen LogP contribution is -2.14. The maximum Gasteiger partial charge on any atom is 0.267 e. The fraction of sp³-hybridized carbons (Fsp3) is 0.182. The zero-order valence-corrected chi connectivity index (χ0v) is 12.8. The Labute approximate surface area is 119 Å². The van der Waals surface area contributed by atoms with Crippen LogP contribution in [0.1, 0.15) is 5.56 Å². The van der Waals surface area contributed by atoms with Gasteiger partial charge in [-0.05, 0) is 40.5 Å². The summed E-state index contributed by atoms with van der Waals surface area (Å²) in [5.74, 6) is -0.0294. The Hall–Kier alpha value is -1.54. The van der Waals surface area contributed by atoms with Crippen molar-refractivity contribution in [1.82, 2.24) is 9.78 Å². The highest BCUT2D eigenvalue weighted by atomic mass is 79.9. The third-order valence-corrected chi connectivity index (χ3v) is 4.52. The Bertz CT molecular complexity index is 724. The number of hydrogen-bond acceptors (Lipinski definition) is 4. The molecule has 0 bridgehead atoms. The van der Waals surface area contributed by atoms with Crippen molar-refractivity contribution in [1.29, 1.82) is 0 Å². The van der Waals surface area contributed by atoms with Gasteiger partial charge in [0, 0.05) is 17.7 Å². The number of rotatable bonds is 3. The minimum atomic E-state index is -3.75. The number of nitrogen functional groups attached to an aromatic ring is 1. The summed E-state index contributed by atoms with van der Waals surface area (Å²) in [6, 6.07) is 5.32. The highest BCUT2D eigenvalue weighted by molar-refractivity contribution is 9.10. The van der Waals surface area contributed by atoms with Crippen molar-refractivity contribution in [2.45, 2.75) is 11.8 Å². The summed E-state index contributed by atoms with van der Waals surface area (Å²) in [4.78, 5) is -0.0394. The summed E-state index contributed by atoms with van der Waals surface area (Å²) < 4.78 is 28.9. The molecule has 0 fully saturated rings. The molecule has 3 N–H and O–H groups in total. The van der Waals surface area contributed by atoms with Crippen molar-refractivity contribution in [2.75, 3.05) is 10.5 Å². The number of halogens is 1. The molecule has 19 heavy (non-hydrogen) atoms. The van der Waals surface area contributed by atoms with Crippen LogP contribution in [0.15, 0.2) is 33.8 Å². The summed E-state index contributed by atoms with van der Waals surface area (Å²) in [6.45, 7) is 1.92. The molecular weight excluding hydrogens is 332 g/mol. The van der Waals surface area contributed by atoms with Gasteiger partial charge in [-0.25, -0.2) is 8.42 Å². The van der Waals surface area contributed by atoms with E-state index in [9.17, 15) is 8.42 Å². The topological polar surface area (TPSA) is 90.0 Å². The first-order valence-corrected chi connectivity index (χ1v) is 7.65. The zero-order chi connectivity index (χ0) is 14.2. The lowest BCUT2D eigenvalue weighted by molar-refractivity contribution is 0.601. The molecule has 2 rings (SSSR count). The summed E-state index contributed by atoms with van der Waals surface area (Å²) in [6.07, 6.45) is 1.36. The van der Waals surface area contributed by atoms with Crippen molar-refractivity contribution >= 4 is 37.5 Å². The molecule has 0 spiro atoms. The van der Waals surface area contributed by atoms with Gasteiger partial charge in [-0.2, -0.15) is 5.10 Å². The molecule has 6 nitrogen and oxygen atoms in total. The van der Waals surface area contributed by atoms with E-state index in [2.05, 4.69) is 25.8 Å². The molecule has 0 aliphatic heterocycles. The normalized spacial score (nSPS) is 11.5. The molecule has 0 aliphatic rings. The standard InChI is InChI=1S/C11H13BrN4O2S/c1-7-3-4-9(8(12)5-7)15-19(17,18)10-6-16(2)14-11(10)13/h3-6,15H,1-2H3,(H2,13,14). The summed E-state index contributed by atoms with van der Waals surface area (Å²) >= 11 is 3.32. The first-order chi connectivity index (χ1) is 8.79. The van der Waals surface area contributed by atoms with Crippen molar-refractivity contribution in [2.24, 2.45) is 7.05 Å². The maximum absolute atomic E-state index is 12.2. The Kier molecular flexibility index (Phi) is 3.55. The van der Waals surface area contributed by atoms with Crippen LogP contribution in [0, 0.1) is 6.92 Å². The van der Waals surface area contributed by atoms with Gasteiger partial charge in [-0.15, -0.1) is 0 Å². The number of hydrogen-bond donors (Lipinski definition) is 2. The molecule has 2 aromatic rings. The SMILES string of the molecule is Cc1ccc(NS(=O)(=O)c2cn(C)nc2N)c(Br)c1. The number of benzene rings is 1. The Balaban J connectivity index is 2.39. The molecular formula is C11H13BrN4O2S. The highest BCUT2D eigenvalue weighted by Gasteiger charge is 2.21. The third kappa shape index (κ3) is 2.90. The number of sulfonamides is 1. The lowest BCUT2D eigenvalue weighted by Gasteiger charge is -2.09. The van der Waals surface area contributed by atoms with E-state index in [-0.39, 0.29) is 10.7 Å². The fourth-order valence-corrected chi connectivity index (χ4v) is 3.50. The molecule has 0 unspecified atom stereocenters. The number of nitrogens with one attached hydrogen (secondary N) is 1. The van der Waals surface area contributed by atoms with E-state index >= 15 is 0 Å². The van der Waals surface area contributed by atoms with Crippen molar-refractivity contribution in [3.8, 4) is 0 Å². The van der Waals surface area contributed by atoms with Crippen LogP contribution in [0.5, 0.6) is 0 Å². The van der Waals surface area contributed by atoms with Gasteiger partial charge in [0.1, 0.15) is 4.90 Å². The van der Waals surface area contributed by atoms with Gasteiger partial charge in [-0.3, -0.25) is 9.40 Å². The minimum absolute atomic E-state index is 0.0294. The van der Waals surface area contributed by atoms with Gasteiger partial charge in [0.15, 0.2) is 5.82 Å². The molecule has 0 atom stereocenters. The van der Waals surface area contributed by atoms with Crippen LogP contribution in [0.4, 0.5) is 11.5 Å². The van der Waals surface area contributed by atoms with Gasteiger partial charge >= 0.3 is 0 Å². The van der Waals surface area contributed by atoms with Crippen LogP contribution in [-0.2, 0) is 17.1 Å². The molecule has 8 heteroatoms. The van der Waals surface area contributed by atoms with E-state index in [0.717, 1.165) is 5.56 Å². The van der Waals surface area contributed by atoms with E-state index in [4.69, 9.17) is 5.73 Å². The largest absolute Gasteiger partial charge is 0.381 e. The molecule has 1 aromatic heterocycles. The molecule has 0 radical (unpaired) electrons. The number of aromatic nitrogens is 2. The molecule has 102 valence electrons. The highest BCUT2D eigenvalue weighted by Crippen LogP contribution is 2.27. The first-order valence-electron chi connectivity index (χ1n) is 5.37. The van der Waals surface area contributed by atoms with Gasteiger partial charge in [0.2, 0.25) is 0 Å². The predicted molar refractivity (Wildman–Crippen MR) is 77.3 cm³/mol. The van der Waals surface area contributed by atoms with Crippen molar-refractivity contribution in [3.05, 3.63) is 34.4 Å². The molecule has 1 heterocycles. The first kappa shape index (κ1) is 13.9. The minimum Gasteiger partial charge on any atom is -0.381 e. The number of anilines is 2. The smallest absolute Gasteiger partial charge is 0.267 e. The second kappa shape index (κ2) is 4.86. The van der Waals surface area contributed by atoms with E-state index in [1.807, 2.05) is 19.1 Å². The van der Waals surface area contributed by atoms with Gasteiger partial charge in [-0.1, -0.05) is 6.07 Å². The van der Waals surface area contributed by atoms with Crippen LogP contribution >= 0.6 is 15.9 Å². The van der Waals surface area contributed by atoms with Crippen LogP contribution in [-0.4, -0.2) is 18.2 Å². The van der Waals surface area contributed by atoms with Crippen LogP contribution < -0.4 is 10.5 Å². The Morgan fingerprint density at radius 1 is 1.42 bits per heavy atom. The molecule has 0 saturated carbocycles. The van der Waals surface area contributed by atoms with Crippen molar-refractivity contribution < 1.29 is 8.42 Å². The van der Waals surface area contributed by atoms with Gasteiger partial charge in [0.05, 0.1) is 5.69 Å². The van der Waals surface area contributed by atoms with Crippen molar-refractivity contribution in [3.63, 3.8) is 0 Å². The zero-order valence-electron chi connectivity index (χ0n) is 10.4. The molecule has 0 saturated heterocycles. The quantitative estimate of drug-likeness (QED) is 0.889. The van der Waals surface area contributed by atoms with Crippen LogP contribution in [0.2, 0.25) is 0 Å². The predicted octanol–water partition coefficient (Wildman–Crippen LogP) is 1.87.